The van der Waals surface area contributed by atoms with Gasteiger partial charge in [-0.3, -0.25) is 4.79 Å². The Kier molecular flexibility index (Phi) is 7.06. The van der Waals surface area contributed by atoms with Crippen molar-refractivity contribution in [2.24, 2.45) is 5.73 Å². The van der Waals surface area contributed by atoms with Crippen LogP contribution in [-0.2, 0) is 11.2 Å². The molecule has 1 saturated heterocycles. The molecule has 0 spiro atoms. The summed E-state index contributed by atoms with van der Waals surface area (Å²) in [6.07, 6.45) is 4.73. The molecule has 36 heavy (non-hydrogen) atoms. The number of thiazole rings is 1. The highest BCUT2D eigenvalue weighted by molar-refractivity contribution is 7.18. The van der Waals surface area contributed by atoms with E-state index < -0.39 is 0 Å². The summed E-state index contributed by atoms with van der Waals surface area (Å²) in [7, 11) is 0. The fourth-order valence-corrected chi connectivity index (χ4v) is 6.04. The van der Waals surface area contributed by atoms with Gasteiger partial charge in [0.15, 0.2) is 0 Å². The predicted octanol–water partition coefficient (Wildman–Crippen LogP) is 4.27. The number of rotatable bonds is 7. The zero-order chi connectivity index (χ0) is 25.2. The molecule has 8 heteroatoms. The molecule has 7 nitrogen and oxygen atoms in total. The fourth-order valence-electron chi connectivity index (χ4n) is 5.07. The number of nitrogens with two attached hydrogens (primary N) is 1. The second kappa shape index (κ2) is 10.4. The predicted molar refractivity (Wildman–Crippen MR) is 142 cm³/mol. The minimum absolute atomic E-state index is 0.00421. The lowest BCUT2D eigenvalue weighted by Crippen LogP contribution is -2.39. The Morgan fingerprint density at radius 1 is 1.33 bits per heavy atom. The van der Waals surface area contributed by atoms with Crippen molar-refractivity contribution in [2.45, 2.75) is 51.3 Å². The van der Waals surface area contributed by atoms with Gasteiger partial charge in [-0.15, -0.1) is 11.3 Å². The van der Waals surface area contributed by atoms with Gasteiger partial charge in [-0.05, 0) is 68.0 Å². The summed E-state index contributed by atoms with van der Waals surface area (Å²) in [6.45, 7) is 5.64. The zero-order valence-electron chi connectivity index (χ0n) is 20.7. The molecule has 1 fully saturated rings. The number of carbonyl (C=O) groups excluding carboxylic acids is 1. The summed E-state index contributed by atoms with van der Waals surface area (Å²) in [4.78, 5) is 20.2. The van der Waals surface area contributed by atoms with E-state index in [1.807, 2.05) is 43.1 Å². The van der Waals surface area contributed by atoms with Crippen molar-refractivity contribution in [3.63, 3.8) is 0 Å². The van der Waals surface area contributed by atoms with E-state index in [1.165, 1.54) is 16.7 Å². The van der Waals surface area contributed by atoms with Crippen LogP contribution in [0, 0.1) is 11.3 Å². The number of fused-ring (bicyclic) bond motifs is 1. The second-order valence-electron chi connectivity index (χ2n) is 9.75. The van der Waals surface area contributed by atoms with Crippen LogP contribution in [0.2, 0.25) is 0 Å². The maximum absolute atomic E-state index is 12.6. The number of carbonyl (C=O) groups is 1. The molecule has 2 heterocycles. The number of benzene rings is 2. The standard InChI is InChI=1S/C28H31N5O2S/c1-17(2)35-25-9-6-18(12-19(25)13-29)28-32-14-26(36-28)23-5-3-4-22-21(23)7-8-24(22)31-15-27(34)33-11-10-20(30)16-33/h3-6,9,12,14,17,20,24,31H,7-8,10-11,15-16,30H2,1-2H3. The van der Waals surface area contributed by atoms with Gasteiger partial charge in [0, 0.05) is 36.9 Å². The molecular weight excluding hydrogens is 470 g/mol. The first kappa shape index (κ1) is 24.4. The van der Waals surface area contributed by atoms with Crippen LogP contribution in [0.15, 0.2) is 42.6 Å². The molecule has 2 unspecified atom stereocenters. The summed E-state index contributed by atoms with van der Waals surface area (Å²) >= 11 is 1.63. The molecule has 1 amide bonds. The highest BCUT2D eigenvalue weighted by Gasteiger charge is 2.28. The minimum Gasteiger partial charge on any atom is -0.490 e. The monoisotopic (exact) mass is 501 g/mol. The van der Waals surface area contributed by atoms with E-state index in [4.69, 9.17) is 10.5 Å². The molecule has 3 N–H and O–H groups in total. The van der Waals surface area contributed by atoms with E-state index in [0.29, 0.717) is 24.4 Å². The number of ether oxygens (including phenoxy) is 1. The highest BCUT2D eigenvalue weighted by atomic mass is 32.1. The van der Waals surface area contributed by atoms with Gasteiger partial charge in [-0.2, -0.15) is 5.26 Å². The molecular formula is C28H31N5O2S. The third-order valence-corrected chi connectivity index (χ3v) is 7.91. The van der Waals surface area contributed by atoms with Gasteiger partial charge in [0.25, 0.3) is 0 Å². The second-order valence-corrected chi connectivity index (χ2v) is 10.8. The van der Waals surface area contributed by atoms with Crippen molar-refractivity contribution in [3.8, 4) is 32.8 Å². The molecule has 0 saturated carbocycles. The number of hydrogen-bond donors (Lipinski definition) is 2. The van der Waals surface area contributed by atoms with Crippen molar-refractivity contribution < 1.29 is 9.53 Å². The number of nitriles is 1. The van der Waals surface area contributed by atoms with Crippen molar-refractivity contribution in [1.29, 1.82) is 5.26 Å². The van der Waals surface area contributed by atoms with Crippen molar-refractivity contribution >= 4 is 17.2 Å². The number of nitrogens with zero attached hydrogens (tertiary/aromatic N) is 3. The van der Waals surface area contributed by atoms with Crippen LogP contribution >= 0.6 is 11.3 Å². The van der Waals surface area contributed by atoms with Gasteiger partial charge in [-0.25, -0.2) is 4.98 Å². The lowest BCUT2D eigenvalue weighted by Gasteiger charge is -2.19. The van der Waals surface area contributed by atoms with Gasteiger partial charge >= 0.3 is 0 Å². The van der Waals surface area contributed by atoms with Crippen LogP contribution in [0.25, 0.3) is 21.0 Å². The van der Waals surface area contributed by atoms with Crippen molar-refractivity contribution in [3.05, 3.63) is 59.3 Å². The van der Waals surface area contributed by atoms with Gasteiger partial charge < -0.3 is 20.7 Å². The highest BCUT2D eigenvalue weighted by Crippen LogP contribution is 2.41. The van der Waals surface area contributed by atoms with E-state index in [-0.39, 0.29) is 24.1 Å². The fraction of sp³-hybridized carbons (Fsp3) is 0.393. The van der Waals surface area contributed by atoms with Crippen LogP contribution in [0.1, 0.15) is 49.4 Å². The lowest BCUT2D eigenvalue weighted by atomic mass is 10.0. The average Bonchev–Trinajstić information content (AvgIpc) is 3.62. The molecule has 2 aromatic carbocycles. The first-order valence-electron chi connectivity index (χ1n) is 12.5. The first-order valence-corrected chi connectivity index (χ1v) is 13.3. The van der Waals surface area contributed by atoms with E-state index >= 15 is 0 Å². The van der Waals surface area contributed by atoms with Crippen LogP contribution < -0.4 is 15.8 Å². The Morgan fingerprint density at radius 2 is 2.19 bits per heavy atom. The first-order chi connectivity index (χ1) is 17.4. The minimum atomic E-state index is 0.00421. The Hall–Kier alpha value is -3.25. The molecule has 2 atom stereocenters. The summed E-state index contributed by atoms with van der Waals surface area (Å²) in [5, 5.41) is 13.9. The van der Waals surface area contributed by atoms with E-state index in [1.54, 1.807) is 11.3 Å². The van der Waals surface area contributed by atoms with Gasteiger partial charge in [-0.1, -0.05) is 18.2 Å². The maximum Gasteiger partial charge on any atom is 0.236 e. The molecule has 0 bridgehead atoms. The summed E-state index contributed by atoms with van der Waals surface area (Å²) in [6, 6.07) is 14.6. The Labute approximate surface area is 215 Å². The molecule has 2 aliphatic rings. The molecule has 3 aromatic rings. The quantitative estimate of drug-likeness (QED) is 0.501. The van der Waals surface area contributed by atoms with Crippen molar-refractivity contribution in [1.82, 2.24) is 15.2 Å². The van der Waals surface area contributed by atoms with E-state index in [0.717, 1.165) is 41.3 Å². The number of likely N-dealkylation sites (tertiary alicyclic amines) is 1. The summed E-state index contributed by atoms with van der Waals surface area (Å²) < 4.78 is 5.76. The zero-order valence-corrected chi connectivity index (χ0v) is 21.5. The lowest BCUT2D eigenvalue weighted by molar-refractivity contribution is -0.129. The number of amides is 1. The SMILES string of the molecule is CC(C)Oc1ccc(-c2ncc(-c3cccc4c3CCC4NCC(=O)N3CCC(N)C3)s2)cc1C#N. The smallest absolute Gasteiger partial charge is 0.236 e. The Bertz CT molecular complexity index is 1310. The van der Waals surface area contributed by atoms with Crippen LogP contribution in [0.5, 0.6) is 5.75 Å². The van der Waals surface area contributed by atoms with Crippen LogP contribution in [-0.4, -0.2) is 47.6 Å². The van der Waals surface area contributed by atoms with Gasteiger partial charge in [0.2, 0.25) is 5.91 Å². The van der Waals surface area contributed by atoms with E-state index in [9.17, 15) is 10.1 Å². The Balaban J connectivity index is 1.32. The summed E-state index contributed by atoms with van der Waals surface area (Å²) in [5.41, 5.74) is 11.1. The number of hydrogen-bond acceptors (Lipinski definition) is 7. The van der Waals surface area contributed by atoms with Gasteiger partial charge in [0.1, 0.15) is 16.8 Å². The number of nitrogens with one attached hydrogen (secondary N) is 1. The average molecular weight is 502 g/mol. The molecule has 1 aromatic heterocycles. The third kappa shape index (κ3) is 5.00. The van der Waals surface area contributed by atoms with Gasteiger partial charge in [0.05, 0.1) is 23.1 Å². The molecule has 1 aliphatic heterocycles. The third-order valence-electron chi connectivity index (χ3n) is 6.83. The van der Waals surface area contributed by atoms with E-state index in [2.05, 4.69) is 34.6 Å². The maximum atomic E-state index is 12.6. The summed E-state index contributed by atoms with van der Waals surface area (Å²) in [5.74, 6) is 0.722. The normalized spacial score (nSPS) is 18.9. The number of aromatic nitrogens is 1. The van der Waals surface area contributed by atoms with Crippen LogP contribution in [0.4, 0.5) is 0 Å². The van der Waals surface area contributed by atoms with Crippen LogP contribution in [0.3, 0.4) is 0 Å². The molecule has 1 aliphatic carbocycles. The van der Waals surface area contributed by atoms with Crippen molar-refractivity contribution in [2.75, 3.05) is 19.6 Å². The molecule has 5 rings (SSSR count). The molecule has 186 valence electrons. The topological polar surface area (TPSA) is 104 Å². The molecule has 0 radical (unpaired) electrons. The Morgan fingerprint density at radius 3 is 2.94 bits per heavy atom. The largest absolute Gasteiger partial charge is 0.490 e.